The van der Waals surface area contributed by atoms with Crippen molar-refractivity contribution in [1.82, 2.24) is 0 Å². The lowest BCUT2D eigenvalue weighted by Crippen LogP contribution is -2.08. The van der Waals surface area contributed by atoms with Gasteiger partial charge in [-0.3, -0.25) is 4.79 Å². The highest BCUT2D eigenvalue weighted by Crippen LogP contribution is 2.39. The maximum atomic E-state index is 12.0. The molecule has 1 amide bonds. The van der Waals surface area contributed by atoms with Gasteiger partial charge in [-0.15, -0.1) is 11.3 Å². The van der Waals surface area contributed by atoms with Gasteiger partial charge in [-0.25, -0.2) is 0 Å². The molecule has 1 aromatic heterocycles. The molecule has 1 rings (SSSR count). The van der Waals surface area contributed by atoms with E-state index in [0.717, 1.165) is 0 Å². The van der Waals surface area contributed by atoms with Crippen LogP contribution in [0.4, 0.5) is 13.2 Å². The molecule has 0 aliphatic rings. The Morgan fingerprint density at radius 1 is 1.54 bits per heavy atom. The summed E-state index contributed by atoms with van der Waals surface area (Å²) in [6.07, 6.45) is -4.56. The number of primary amides is 1. The molecule has 13 heavy (non-hydrogen) atoms. The van der Waals surface area contributed by atoms with E-state index in [4.69, 9.17) is 10.8 Å². The average molecular weight is 211 g/mol. The number of amides is 1. The minimum absolute atomic E-state index is 0.125. The van der Waals surface area contributed by atoms with Crippen molar-refractivity contribution >= 4 is 17.2 Å². The number of nitrogens with two attached hydrogens (primary N) is 1. The van der Waals surface area contributed by atoms with Crippen molar-refractivity contribution in [3.05, 3.63) is 15.8 Å². The van der Waals surface area contributed by atoms with E-state index < -0.39 is 27.6 Å². The molecule has 0 aliphatic carbocycles. The first kappa shape index (κ1) is 9.85. The number of thiophene rings is 1. The maximum absolute atomic E-state index is 12.0. The fourth-order valence-electron chi connectivity index (χ4n) is 0.698. The minimum Gasteiger partial charge on any atom is -0.506 e. The Kier molecular flexibility index (Phi) is 2.21. The number of carbonyl (C=O) groups is 1. The number of aromatic hydroxyl groups is 1. The molecule has 0 aliphatic heterocycles. The molecule has 1 aromatic rings. The molecule has 3 nitrogen and oxygen atoms in total. The zero-order chi connectivity index (χ0) is 10.2. The molecular formula is C6H4F3NO2S. The van der Waals surface area contributed by atoms with Crippen molar-refractivity contribution in [2.75, 3.05) is 0 Å². The van der Waals surface area contributed by atoms with Gasteiger partial charge >= 0.3 is 6.18 Å². The van der Waals surface area contributed by atoms with Crippen LogP contribution in [0.5, 0.6) is 5.75 Å². The van der Waals surface area contributed by atoms with Gasteiger partial charge in [0.05, 0.1) is 0 Å². The Balaban J connectivity index is 3.17. The van der Waals surface area contributed by atoms with Gasteiger partial charge in [0, 0.05) is 6.07 Å². The Bertz CT molecular complexity index is 344. The van der Waals surface area contributed by atoms with Crippen LogP contribution in [-0.4, -0.2) is 11.0 Å². The molecule has 0 radical (unpaired) electrons. The molecule has 3 N–H and O–H groups in total. The molecule has 0 saturated heterocycles. The Labute approximate surface area is 74.6 Å². The highest BCUT2D eigenvalue weighted by Gasteiger charge is 2.34. The highest BCUT2D eigenvalue weighted by atomic mass is 32.1. The second-order valence-electron chi connectivity index (χ2n) is 2.19. The standard InChI is InChI=1S/C6H4F3NO2S/c7-6(8,9)3-1-2(11)4(13-3)5(10)12/h1,11H,(H2,10,12). The quantitative estimate of drug-likeness (QED) is 0.740. The van der Waals surface area contributed by atoms with Crippen molar-refractivity contribution in [1.29, 1.82) is 0 Å². The first-order valence-electron chi connectivity index (χ1n) is 3.02. The van der Waals surface area contributed by atoms with Gasteiger partial charge in [-0.05, 0) is 0 Å². The third kappa shape index (κ3) is 1.92. The van der Waals surface area contributed by atoms with Crippen molar-refractivity contribution in [3.8, 4) is 5.75 Å². The lowest BCUT2D eigenvalue weighted by Gasteiger charge is -1.99. The van der Waals surface area contributed by atoms with E-state index in [2.05, 4.69) is 0 Å². The molecule has 0 aromatic carbocycles. The van der Waals surface area contributed by atoms with Crippen LogP contribution in [0.1, 0.15) is 14.5 Å². The van der Waals surface area contributed by atoms with Crippen LogP contribution < -0.4 is 5.73 Å². The molecular weight excluding hydrogens is 207 g/mol. The van der Waals surface area contributed by atoms with Crippen molar-refractivity contribution in [2.24, 2.45) is 5.73 Å². The van der Waals surface area contributed by atoms with Crippen LogP contribution in [0.15, 0.2) is 6.07 Å². The lowest BCUT2D eigenvalue weighted by atomic mass is 10.4. The summed E-state index contributed by atoms with van der Waals surface area (Å²) in [5, 5.41) is 8.87. The summed E-state index contributed by atoms with van der Waals surface area (Å²) in [6.45, 7) is 0. The van der Waals surface area contributed by atoms with E-state index in [0.29, 0.717) is 6.07 Å². The molecule has 1 heterocycles. The molecule has 0 fully saturated rings. The lowest BCUT2D eigenvalue weighted by molar-refractivity contribution is -0.134. The Hall–Kier alpha value is -1.24. The SMILES string of the molecule is NC(=O)c1sc(C(F)(F)F)cc1O. The van der Waals surface area contributed by atoms with Crippen molar-refractivity contribution in [2.45, 2.75) is 6.18 Å². The molecule has 7 heteroatoms. The normalized spacial score (nSPS) is 11.6. The maximum Gasteiger partial charge on any atom is 0.425 e. The van der Waals surface area contributed by atoms with E-state index >= 15 is 0 Å². The third-order valence-electron chi connectivity index (χ3n) is 1.22. The molecule has 0 unspecified atom stereocenters. The van der Waals surface area contributed by atoms with Crippen LogP contribution in [0.25, 0.3) is 0 Å². The number of hydrogen-bond acceptors (Lipinski definition) is 3. The summed E-state index contributed by atoms with van der Waals surface area (Å²) in [7, 11) is 0. The van der Waals surface area contributed by atoms with E-state index in [1.165, 1.54) is 0 Å². The molecule has 0 bridgehead atoms. The highest BCUT2D eigenvalue weighted by molar-refractivity contribution is 7.14. The molecule has 0 atom stereocenters. The summed E-state index contributed by atoms with van der Waals surface area (Å²) in [6, 6.07) is 0.477. The molecule has 0 spiro atoms. The second kappa shape index (κ2) is 2.91. The minimum atomic E-state index is -4.56. The predicted molar refractivity (Wildman–Crippen MR) is 39.5 cm³/mol. The first-order valence-corrected chi connectivity index (χ1v) is 3.84. The third-order valence-corrected chi connectivity index (χ3v) is 2.40. The zero-order valence-corrected chi connectivity index (χ0v) is 6.87. The number of carbonyl (C=O) groups excluding carboxylic acids is 1. The van der Waals surface area contributed by atoms with Crippen LogP contribution in [-0.2, 0) is 6.18 Å². The van der Waals surface area contributed by atoms with E-state index in [1.54, 1.807) is 0 Å². The first-order chi connectivity index (χ1) is 5.82. The van der Waals surface area contributed by atoms with Gasteiger partial charge in [0.15, 0.2) is 0 Å². The fourth-order valence-corrected chi connectivity index (χ4v) is 1.47. The Morgan fingerprint density at radius 2 is 2.08 bits per heavy atom. The van der Waals surface area contributed by atoms with Gasteiger partial charge in [0.2, 0.25) is 0 Å². The summed E-state index contributed by atoms with van der Waals surface area (Å²) in [5.74, 6) is -1.80. The number of halogens is 3. The van der Waals surface area contributed by atoms with Gasteiger partial charge in [0.1, 0.15) is 15.5 Å². The summed E-state index contributed by atoms with van der Waals surface area (Å²) >= 11 is 0.125. The fraction of sp³-hybridized carbons (Fsp3) is 0.167. The largest absolute Gasteiger partial charge is 0.506 e. The smallest absolute Gasteiger partial charge is 0.425 e. The predicted octanol–water partition coefficient (Wildman–Crippen LogP) is 1.57. The van der Waals surface area contributed by atoms with Crippen molar-refractivity contribution in [3.63, 3.8) is 0 Å². The number of rotatable bonds is 1. The molecule has 0 saturated carbocycles. The second-order valence-corrected chi connectivity index (χ2v) is 3.24. The van der Waals surface area contributed by atoms with E-state index in [1.807, 2.05) is 0 Å². The topological polar surface area (TPSA) is 63.3 Å². The van der Waals surface area contributed by atoms with Crippen LogP contribution >= 0.6 is 11.3 Å². The number of hydrogen-bond donors (Lipinski definition) is 2. The van der Waals surface area contributed by atoms with Gasteiger partial charge in [-0.2, -0.15) is 13.2 Å². The van der Waals surface area contributed by atoms with Crippen LogP contribution in [0, 0.1) is 0 Å². The summed E-state index contributed by atoms with van der Waals surface area (Å²) in [4.78, 5) is 8.95. The monoisotopic (exact) mass is 211 g/mol. The zero-order valence-electron chi connectivity index (χ0n) is 6.05. The van der Waals surface area contributed by atoms with Gasteiger partial charge in [0.25, 0.3) is 5.91 Å². The Morgan fingerprint density at radius 3 is 2.31 bits per heavy atom. The summed E-state index contributed by atoms with van der Waals surface area (Å²) in [5.41, 5.74) is 4.72. The van der Waals surface area contributed by atoms with Gasteiger partial charge in [-0.1, -0.05) is 0 Å². The van der Waals surface area contributed by atoms with Gasteiger partial charge < -0.3 is 10.8 Å². The van der Waals surface area contributed by atoms with Crippen LogP contribution in [0.3, 0.4) is 0 Å². The number of alkyl halides is 3. The average Bonchev–Trinajstić information content (AvgIpc) is 2.29. The van der Waals surface area contributed by atoms with E-state index in [-0.39, 0.29) is 11.3 Å². The van der Waals surface area contributed by atoms with Crippen LogP contribution in [0.2, 0.25) is 0 Å². The summed E-state index contributed by atoms with van der Waals surface area (Å²) < 4.78 is 36.0. The molecule has 72 valence electrons. The van der Waals surface area contributed by atoms with E-state index in [9.17, 15) is 18.0 Å². The van der Waals surface area contributed by atoms with Crippen molar-refractivity contribution < 1.29 is 23.1 Å².